The van der Waals surface area contributed by atoms with Crippen molar-refractivity contribution in [1.29, 1.82) is 0 Å². The van der Waals surface area contributed by atoms with Gasteiger partial charge in [-0.05, 0) is 37.1 Å². The van der Waals surface area contributed by atoms with Crippen molar-refractivity contribution >= 4 is 39.4 Å². The van der Waals surface area contributed by atoms with Gasteiger partial charge in [-0.2, -0.15) is 0 Å². The lowest BCUT2D eigenvalue weighted by Gasteiger charge is -2.07. The van der Waals surface area contributed by atoms with Gasteiger partial charge in [0.25, 0.3) is 10.0 Å². The predicted octanol–water partition coefficient (Wildman–Crippen LogP) is 0.906. The Bertz CT molecular complexity index is 702. The van der Waals surface area contributed by atoms with Crippen molar-refractivity contribution < 1.29 is 27.9 Å². The molecule has 0 radical (unpaired) electrons. The van der Waals surface area contributed by atoms with Gasteiger partial charge in [0.2, 0.25) is 0 Å². The number of amides is 2. The van der Waals surface area contributed by atoms with E-state index in [1.54, 1.807) is 4.72 Å². The average Bonchev–Trinajstić information content (AvgIpc) is 2.50. The molecule has 1 aromatic carbocycles. The number of rotatable bonds is 8. The maximum absolute atomic E-state index is 11.9. The molecule has 2 amide bonds. The van der Waals surface area contributed by atoms with Crippen LogP contribution in [0.15, 0.2) is 29.2 Å². The summed E-state index contributed by atoms with van der Waals surface area (Å²) in [6.45, 7) is 0.146. The van der Waals surface area contributed by atoms with Crippen LogP contribution in [0.4, 0.5) is 0 Å². The number of nitrogens with one attached hydrogen (secondary N) is 2. The molecule has 0 saturated heterocycles. The van der Waals surface area contributed by atoms with Gasteiger partial charge >= 0.3 is 17.8 Å². The van der Waals surface area contributed by atoms with Crippen molar-refractivity contribution in [3.8, 4) is 0 Å². The second-order valence-electron chi connectivity index (χ2n) is 4.85. The third-order valence-electron chi connectivity index (χ3n) is 2.91. The molecule has 10 heteroatoms. The molecule has 1 rings (SSSR count). The molecule has 0 unspecified atom stereocenters. The van der Waals surface area contributed by atoms with Crippen molar-refractivity contribution in [3.63, 3.8) is 0 Å². The van der Waals surface area contributed by atoms with Crippen LogP contribution in [0.2, 0.25) is 5.02 Å². The van der Waals surface area contributed by atoms with Crippen LogP contribution in [-0.2, 0) is 24.4 Å². The van der Waals surface area contributed by atoms with Crippen LogP contribution < -0.4 is 10.0 Å². The number of carboxylic acid groups (broad SMARTS) is 1. The van der Waals surface area contributed by atoms with Crippen LogP contribution >= 0.6 is 11.6 Å². The quantitative estimate of drug-likeness (QED) is 0.456. The van der Waals surface area contributed by atoms with Crippen molar-refractivity contribution in [1.82, 2.24) is 10.0 Å². The molecule has 0 atom stereocenters. The Morgan fingerprint density at radius 3 is 2.21 bits per heavy atom. The SMILES string of the molecule is O=C(O)CCCCCNC(=O)C(=O)NS(=O)(=O)c1ccc(Cl)cc1. The number of halogens is 1. The largest absolute Gasteiger partial charge is 0.481 e. The van der Waals surface area contributed by atoms with E-state index < -0.39 is 27.8 Å². The van der Waals surface area contributed by atoms with Crippen molar-refractivity contribution in [2.45, 2.75) is 30.6 Å². The zero-order valence-electron chi connectivity index (χ0n) is 12.6. The Morgan fingerprint density at radius 1 is 1.00 bits per heavy atom. The van der Waals surface area contributed by atoms with Crippen molar-refractivity contribution in [3.05, 3.63) is 29.3 Å². The number of hydrogen-bond donors (Lipinski definition) is 3. The fourth-order valence-corrected chi connectivity index (χ4v) is 2.78. The summed E-state index contributed by atoms with van der Waals surface area (Å²) in [5.41, 5.74) is 0. The second kappa shape index (κ2) is 9.24. The van der Waals surface area contributed by atoms with Gasteiger partial charge in [-0.1, -0.05) is 18.0 Å². The molecule has 8 nitrogen and oxygen atoms in total. The number of sulfonamides is 1. The van der Waals surface area contributed by atoms with Crippen molar-refractivity contribution in [2.24, 2.45) is 0 Å². The fourth-order valence-electron chi connectivity index (χ4n) is 1.70. The number of aliphatic carboxylic acids is 1. The first-order valence-electron chi connectivity index (χ1n) is 7.05. The van der Waals surface area contributed by atoms with E-state index in [2.05, 4.69) is 5.32 Å². The van der Waals surface area contributed by atoms with E-state index in [-0.39, 0.29) is 17.9 Å². The summed E-state index contributed by atoms with van der Waals surface area (Å²) in [4.78, 5) is 33.3. The summed E-state index contributed by atoms with van der Waals surface area (Å²) >= 11 is 5.65. The molecule has 24 heavy (non-hydrogen) atoms. The number of unbranched alkanes of at least 4 members (excludes halogenated alkanes) is 2. The molecule has 0 aromatic heterocycles. The molecule has 1 aromatic rings. The first-order chi connectivity index (χ1) is 11.2. The van der Waals surface area contributed by atoms with Gasteiger partial charge in [-0.15, -0.1) is 0 Å². The first-order valence-corrected chi connectivity index (χ1v) is 8.91. The van der Waals surface area contributed by atoms with Crippen LogP contribution in [0, 0.1) is 0 Å². The molecular formula is C14H17ClN2O6S. The van der Waals surface area contributed by atoms with Gasteiger partial charge in [0, 0.05) is 18.0 Å². The topological polar surface area (TPSA) is 130 Å². The van der Waals surface area contributed by atoms with Gasteiger partial charge in [0.1, 0.15) is 0 Å². The molecule has 0 bridgehead atoms. The third-order valence-corrected chi connectivity index (χ3v) is 4.51. The van der Waals surface area contributed by atoms with E-state index in [0.717, 1.165) is 0 Å². The van der Waals surface area contributed by atoms with E-state index in [1.807, 2.05) is 0 Å². The standard InChI is InChI=1S/C14H17ClN2O6S/c15-10-5-7-11(8-6-10)24(22,23)17-14(21)13(20)16-9-3-1-2-4-12(18)19/h5-8H,1-4,9H2,(H,16,20)(H,17,21)(H,18,19). The minimum Gasteiger partial charge on any atom is -0.481 e. The molecule has 0 fully saturated rings. The maximum atomic E-state index is 11.9. The van der Waals surface area contributed by atoms with Gasteiger partial charge in [-0.25, -0.2) is 13.1 Å². The van der Waals surface area contributed by atoms with Crippen LogP contribution in [-0.4, -0.2) is 37.9 Å². The van der Waals surface area contributed by atoms with E-state index in [1.165, 1.54) is 24.3 Å². The van der Waals surface area contributed by atoms with E-state index >= 15 is 0 Å². The highest BCUT2D eigenvalue weighted by molar-refractivity contribution is 7.90. The summed E-state index contributed by atoms with van der Waals surface area (Å²) in [6, 6.07) is 5.10. The normalized spacial score (nSPS) is 10.9. The molecule has 0 heterocycles. The zero-order valence-corrected chi connectivity index (χ0v) is 14.2. The Labute approximate surface area is 144 Å². The van der Waals surface area contributed by atoms with Gasteiger partial charge in [-0.3, -0.25) is 14.4 Å². The van der Waals surface area contributed by atoms with Crippen LogP contribution in [0.25, 0.3) is 0 Å². The molecule has 0 aliphatic heterocycles. The Balaban J connectivity index is 2.42. The molecule has 0 spiro atoms. The molecule has 0 saturated carbocycles. The van der Waals surface area contributed by atoms with E-state index in [0.29, 0.717) is 24.3 Å². The van der Waals surface area contributed by atoms with Crippen molar-refractivity contribution in [2.75, 3.05) is 6.54 Å². The average molecular weight is 377 g/mol. The van der Waals surface area contributed by atoms with E-state index in [9.17, 15) is 22.8 Å². The number of carbonyl (C=O) groups excluding carboxylic acids is 2. The van der Waals surface area contributed by atoms with Gasteiger partial charge < -0.3 is 10.4 Å². The Morgan fingerprint density at radius 2 is 1.62 bits per heavy atom. The number of benzene rings is 1. The number of hydrogen-bond acceptors (Lipinski definition) is 5. The smallest absolute Gasteiger partial charge is 0.322 e. The highest BCUT2D eigenvalue weighted by atomic mass is 35.5. The third kappa shape index (κ3) is 6.97. The number of carbonyl (C=O) groups is 3. The Hall–Kier alpha value is -2.13. The first kappa shape index (κ1) is 19.9. The molecule has 3 N–H and O–H groups in total. The lowest BCUT2D eigenvalue weighted by atomic mass is 10.2. The molecule has 0 aliphatic rings. The minimum atomic E-state index is -4.15. The Kier molecular flexibility index (Phi) is 7.66. The highest BCUT2D eigenvalue weighted by Gasteiger charge is 2.22. The van der Waals surface area contributed by atoms with Crippen LogP contribution in [0.1, 0.15) is 25.7 Å². The molecule has 132 valence electrons. The molecular weight excluding hydrogens is 360 g/mol. The van der Waals surface area contributed by atoms with Crippen LogP contribution in [0.3, 0.4) is 0 Å². The van der Waals surface area contributed by atoms with Gasteiger partial charge in [0.05, 0.1) is 4.90 Å². The summed E-state index contributed by atoms with van der Waals surface area (Å²) < 4.78 is 25.5. The maximum Gasteiger partial charge on any atom is 0.322 e. The second-order valence-corrected chi connectivity index (χ2v) is 6.97. The number of carboxylic acids is 1. The van der Waals surface area contributed by atoms with Crippen LogP contribution in [0.5, 0.6) is 0 Å². The lowest BCUT2D eigenvalue weighted by molar-refractivity contribution is -0.138. The molecule has 0 aliphatic carbocycles. The fraction of sp³-hybridized carbons (Fsp3) is 0.357. The highest BCUT2D eigenvalue weighted by Crippen LogP contribution is 2.13. The summed E-state index contributed by atoms with van der Waals surface area (Å²) in [6.07, 6.45) is 1.55. The monoisotopic (exact) mass is 376 g/mol. The lowest BCUT2D eigenvalue weighted by Crippen LogP contribution is -2.42. The predicted molar refractivity (Wildman–Crippen MR) is 85.9 cm³/mol. The van der Waals surface area contributed by atoms with E-state index in [4.69, 9.17) is 16.7 Å². The summed E-state index contributed by atoms with van der Waals surface area (Å²) in [5.74, 6) is -3.27. The summed E-state index contributed by atoms with van der Waals surface area (Å²) in [7, 11) is -4.15. The minimum absolute atomic E-state index is 0.0355. The van der Waals surface area contributed by atoms with Gasteiger partial charge in [0.15, 0.2) is 0 Å². The zero-order chi connectivity index (χ0) is 18.2. The summed E-state index contributed by atoms with van der Waals surface area (Å²) in [5, 5.41) is 11.1.